The van der Waals surface area contributed by atoms with Gasteiger partial charge < -0.3 is 9.32 Å². The Bertz CT molecular complexity index is 519. The quantitative estimate of drug-likeness (QED) is 0.745. The number of halogens is 1. The van der Waals surface area contributed by atoms with Crippen LogP contribution in [0, 0.1) is 12.7 Å². The molecule has 3 nitrogen and oxygen atoms in total. The minimum absolute atomic E-state index is 0.180. The molecule has 82 valence electrons. The Labute approximate surface area is 91.9 Å². The van der Waals surface area contributed by atoms with Crippen LogP contribution in [0.4, 0.5) is 4.39 Å². The van der Waals surface area contributed by atoms with E-state index < -0.39 is 0 Å². The van der Waals surface area contributed by atoms with E-state index >= 15 is 0 Å². The molecule has 2 rings (SSSR count). The lowest BCUT2D eigenvalue weighted by molar-refractivity contribution is -0.107. The Balaban J connectivity index is 2.56. The van der Waals surface area contributed by atoms with Gasteiger partial charge >= 0.3 is 0 Å². The fourth-order valence-electron chi connectivity index (χ4n) is 1.58. The summed E-state index contributed by atoms with van der Waals surface area (Å²) in [5.74, 6) is 0.174. The number of benzene rings is 1. The molecule has 0 radical (unpaired) electrons. The molecule has 2 aromatic rings. The molecule has 0 bridgehead atoms. The monoisotopic (exact) mass is 219 g/mol. The van der Waals surface area contributed by atoms with Gasteiger partial charge in [0.05, 0.1) is 0 Å². The first-order valence-electron chi connectivity index (χ1n) is 4.87. The number of aryl methyl sites for hydroxylation is 1. The Morgan fingerprint density at radius 2 is 2.19 bits per heavy atom. The van der Waals surface area contributed by atoms with Gasteiger partial charge in [0.25, 0.3) is 0 Å². The molecule has 0 saturated heterocycles. The van der Waals surface area contributed by atoms with Gasteiger partial charge in [-0.1, -0.05) is 17.3 Å². The lowest BCUT2D eigenvalue weighted by Gasteiger charge is -2.00. The number of carbonyl (C=O) groups excluding carboxylic acids is 1. The molecule has 0 saturated carbocycles. The van der Waals surface area contributed by atoms with E-state index in [4.69, 9.17) is 4.52 Å². The molecule has 1 aromatic carbocycles. The number of hydrogen-bond acceptors (Lipinski definition) is 3. The molecule has 0 N–H and O–H groups in total. The predicted octanol–water partition coefficient (Wildman–Crippen LogP) is 2.53. The largest absolute Gasteiger partial charge is 0.361 e. The zero-order chi connectivity index (χ0) is 11.5. The van der Waals surface area contributed by atoms with Crippen molar-refractivity contribution in [3.05, 3.63) is 41.4 Å². The first kappa shape index (κ1) is 10.5. The van der Waals surface area contributed by atoms with E-state index in [0.29, 0.717) is 22.6 Å². The van der Waals surface area contributed by atoms with Gasteiger partial charge in [0.1, 0.15) is 23.6 Å². The number of aromatic nitrogens is 1. The number of carbonyl (C=O) groups is 1. The van der Waals surface area contributed by atoms with Crippen LogP contribution >= 0.6 is 0 Å². The van der Waals surface area contributed by atoms with E-state index in [9.17, 15) is 9.18 Å². The highest BCUT2D eigenvalue weighted by Crippen LogP contribution is 2.27. The van der Waals surface area contributed by atoms with E-state index in [2.05, 4.69) is 5.16 Å². The maximum atomic E-state index is 13.5. The summed E-state index contributed by atoms with van der Waals surface area (Å²) in [6.07, 6.45) is 0.933. The van der Waals surface area contributed by atoms with Gasteiger partial charge in [-0.2, -0.15) is 0 Å². The third-order valence-electron chi connectivity index (χ3n) is 2.40. The maximum Gasteiger partial charge on any atom is 0.137 e. The molecule has 16 heavy (non-hydrogen) atoms. The average Bonchev–Trinajstić information content (AvgIpc) is 2.62. The Hall–Kier alpha value is -1.97. The molecule has 1 aromatic heterocycles. The van der Waals surface area contributed by atoms with Crippen LogP contribution in [-0.2, 0) is 11.2 Å². The number of hydrogen-bond donors (Lipinski definition) is 0. The second-order valence-corrected chi connectivity index (χ2v) is 3.42. The second kappa shape index (κ2) is 4.26. The fourth-order valence-corrected chi connectivity index (χ4v) is 1.58. The van der Waals surface area contributed by atoms with Gasteiger partial charge in [-0.15, -0.1) is 0 Å². The first-order valence-corrected chi connectivity index (χ1v) is 4.87. The normalized spacial score (nSPS) is 10.4. The van der Waals surface area contributed by atoms with E-state index in [1.807, 2.05) is 0 Å². The van der Waals surface area contributed by atoms with Crippen molar-refractivity contribution >= 4 is 6.29 Å². The Morgan fingerprint density at radius 3 is 2.88 bits per heavy atom. The van der Waals surface area contributed by atoms with Crippen molar-refractivity contribution in [3.8, 4) is 11.3 Å². The molecule has 0 aliphatic heterocycles. The van der Waals surface area contributed by atoms with Crippen molar-refractivity contribution in [2.75, 3.05) is 0 Å². The first-order chi connectivity index (χ1) is 7.74. The molecule has 0 atom stereocenters. The summed E-state index contributed by atoms with van der Waals surface area (Å²) in [5.41, 5.74) is 1.40. The summed E-state index contributed by atoms with van der Waals surface area (Å²) >= 11 is 0. The zero-order valence-corrected chi connectivity index (χ0v) is 8.74. The molecule has 1 heterocycles. The summed E-state index contributed by atoms with van der Waals surface area (Å²) in [5, 5.41) is 3.79. The summed E-state index contributed by atoms with van der Waals surface area (Å²) in [4.78, 5) is 10.5. The molecule has 0 fully saturated rings. The fraction of sp³-hybridized carbons (Fsp3) is 0.167. The molecule has 0 aliphatic carbocycles. The van der Waals surface area contributed by atoms with Crippen LogP contribution in [-0.4, -0.2) is 11.4 Å². The summed E-state index contributed by atoms with van der Waals surface area (Å²) < 4.78 is 18.5. The highest BCUT2D eigenvalue weighted by molar-refractivity contribution is 5.68. The van der Waals surface area contributed by atoms with Crippen LogP contribution < -0.4 is 0 Å². The highest BCUT2D eigenvalue weighted by atomic mass is 19.1. The smallest absolute Gasteiger partial charge is 0.137 e. The molecule has 0 spiro atoms. The number of aldehydes is 1. The predicted molar refractivity (Wildman–Crippen MR) is 56.4 cm³/mol. The summed E-state index contributed by atoms with van der Waals surface area (Å²) in [6.45, 7) is 1.70. The molecule has 0 aliphatic rings. The van der Waals surface area contributed by atoms with Crippen LogP contribution in [0.1, 0.15) is 11.3 Å². The summed E-state index contributed by atoms with van der Waals surface area (Å²) in [7, 11) is 0. The number of rotatable bonds is 3. The topological polar surface area (TPSA) is 43.1 Å². The molecule has 0 amide bonds. The molecular formula is C12H10FNO2. The van der Waals surface area contributed by atoms with E-state index in [0.717, 1.165) is 6.29 Å². The standard InChI is InChI=1S/C12H10FNO2/c1-8-9(6-7-15)12(14-16-8)10-4-2-3-5-11(10)13/h2-5,7H,6H2,1H3. The van der Waals surface area contributed by atoms with Gasteiger partial charge in [0.2, 0.25) is 0 Å². The van der Waals surface area contributed by atoms with Crippen LogP contribution in [0.2, 0.25) is 0 Å². The van der Waals surface area contributed by atoms with Crippen molar-refractivity contribution < 1.29 is 13.7 Å². The van der Waals surface area contributed by atoms with Crippen molar-refractivity contribution in [2.24, 2.45) is 0 Å². The third-order valence-corrected chi connectivity index (χ3v) is 2.40. The lowest BCUT2D eigenvalue weighted by Crippen LogP contribution is -1.92. The van der Waals surface area contributed by atoms with Crippen LogP contribution in [0.15, 0.2) is 28.8 Å². The minimum Gasteiger partial charge on any atom is -0.361 e. The van der Waals surface area contributed by atoms with Gasteiger partial charge in [-0.05, 0) is 19.1 Å². The van der Waals surface area contributed by atoms with Crippen molar-refractivity contribution in [1.82, 2.24) is 5.16 Å². The molecular weight excluding hydrogens is 209 g/mol. The van der Waals surface area contributed by atoms with Crippen molar-refractivity contribution in [1.29, 1.82) is 0 Å². The van der Waals surface area contributed by atoms with Crippen LogP contribution in [0.5, 0.6) is 0 Å². The summed E-state index contributed by atoms with van der Waals surface area (Å²) in [6, 6.07) is 6.28. The van der Waals surface area contributed by atoms with Gasteiger partial charge in [-0.25, -0.2) is 4.39 Å². The van der Waals surface area contributed by atoms with Crippen LogP contribution in [0.25, 0.3) is 11.3 Å². The van der Waals surface area contributed by atoms with Gasteiger partial charge in [0, 0.05) is 17.5 Å². The molecule has 0 unspecified atom stereocenters. The highest BCUT2D eigenvalue weighted by Gasteiger charge is 2.16. The molecule has 4 heteroatoms. The third kappa shape index (κ3) is 1.74. The van der Waals surface area contributed by atoms with Gasteiger partial charge in [0.15, 0.2) is 0 Å². The van der Waals surface area contributed by atoms with Gasteiger partial charge in [-0.3, -0.25) is 0 Å². The van der Waals surface area contributed by atoms with Crippen LogP contribution in [0.3, 0.4) is 0 Å². The van der Waals surface area contributed by atoms with E-state index in [1.54, 1.807) is 25.1 Å². The lowest BCUT2D eigenvalue weighted by atomic mass is 10.0. The maximum absolute atomic E-state index is 13.5. The van der Waals surface area contributed by atoms with Crippen molar-refractivity contribution in [2.45, 2.75) is 13.3 Å². The minimum atomic E-state index is -0.372. The Kier molecular flexibility index (Phi) is 2.81. The SMILES string of the molecule is Cc1onc(-c2ccccc2F)c1CC=O. The van der Waals surface area contributed by atoms with Crippen molar-refractivity contribution in [3.63, 3.8) is 0 Å². The second-order valence-electron chi connectivity index (χ2n) is 3.42. The zero-order valence-electron chi connectivity index (χ0n) is 8.74. The number of nitrogens with zero attached hydrogens (tertiary/aromatic N) is 1. The Morgan fingerprint density at radius 1 is 1.44 bits per heavy atom. The average molecular weight is 219 g/mol. The van der Waals surface area contributed by atoms with E-state index in [1.165, 1.54) is 6.07 Å². The van der Waals surface area contributed by atoms with E-state index in [-0.39, 0.29) is 12.2 Å².